The number of nitrogen functional groups attached to an aromatic ring is 1. The molecule has 0 spiro atoms. The molecule has 0 saturated carbocycles. The summed E-state index contributed by atoms with van der Waals surface area (Å²) < 4.78 is 57.5. The van der Waals surface area contributed by atoms with Crippen LogP contribution in [0.25, 0.3) is 0 Å². The van der Waals surface area contributed by atoms with Crippen molar-refractivity contribution in [1.29, 1.82) is 0 Å². The van der Waals surface area contributed by atoms with Gasteiger partial charge >= 0.3 is 29.2 Å². The third kappa shape index (κ3) is 4.89. The first-order chi connectivity index (χ1) is 13.8. The summed E-state index contributed by atoms with van der Waals surface area (Å²) in [6.45, 7) is -1.55. The van der Waals surface area contributed by atoms with Crippen LogP contribution in [0, 0.1) is 0 Å². The van der Waals surface area contributed by atoms with Crippen LogP contribution in [0.5, 0.6) is 0 Å². The molecule has 17 nitrogen and oxygen atoms in total. The highest BCUT2D eigenvalue weighted by Crippen LogP contribution is 2.80. The molecular weight excluding hydrogens is 479 g/mol. The monoisotopic (exact) mass is 495 g/mol. The lowest BCUT2D eigenvalue weighted by Gasteiger charge is -2.27. The van der Waals surface area contributed by atoms with Gasteiger partial charge < -0.3 is 35.6 Å². The Balaban J connectivity index is 1.77. The van der Waals surface area contributed by atoms with Crippen molar-refractivity contribution in [3.8, 4) is 0 Å². The van der Waals surface area contributed by atoms with E-state index in [1.54, 1.807) is 0 Å². The Kier molecular flexibility index (Phi) is 6.42. The molecule has 0 aromatic carbocycles. The van der Waals surface area contributed by atoms with Gasteiger partial charge in [0.15, 0.2) is 6.23 Å². The fourth-order valence-electron chi connectivity index (χ4n) is 2.56. The average Bonchev–Trinajstić information content (AvgIpc) is 2.85. The number of aliphatic hydroxyl groups excluding tert-OH is 3. The molecule has 1 aromatic rings. The summed E-state index contributed by atoms with van der Waals surface area (Å²) in [6, 6.07) is 0. The van der Waals surface area contributed by atoms with Gasteiger partial charge in [-0.25, -0.2) is 18.5 Å². The number of ether oxygens (including phenoxy) is 1. The summed E-state index contributed by atoms with van der Waals surface area (Å²) in [5.41, 5.74) is 4.49. The zero-order valence-electron chi connectivity index (χ0n) is 14.5. The minimum absolute atomic E-state index is 0.0189. The van der Waals surface area contributed by atoms with E-state index in [1.807, 2.05) is 0 Å². The minimum Gasteiger partial charge on any atom is -0.391 e. The maximum atomic E-state index is 12.2. The van der Waals surface area contributed by atoms with Crippen LogP contribution in [0.1, 0.15) is 11.8 Å². The lowest BCUT2D eigenvalue weighted by atomic mass is 10.1. The maximum absolute atomic E-state index is 12.2. The normalized spacial score (nSPS) is 41.8. The highest BCUT2D eigenvalue weighted by atomic mass is 31.3. The Labute approximate surface area is 166 Å². The van der Waals surface area contributed by atoms with E-state index in [2.05, 4.69) is 22.4 Å². The Bertz CT molecular complexity index is 1000. The highest BCUT2D eigenvalue weighted by molar-refractivity contribution is 7.74. The summed E-state index contributed by atoms with van der Waals surface area (Å²) in [6.07, 6.45) is -5.55. The van der Waals surface area contributed by atoms with Crippen LogP contribution in [0.4, 0.5) is 5.82 Å². The molecule has 1 aromatic heterocycles. The first-order valence-electron chi connectivity index (χ1n) is 7.80. The maximum Gasteiger partial charge on any atom is 0.492 e. The van der Waals surface area contributed by atoms with Crippen molar-refractivity contribution < 1.29 is 61.0 Å². The zero-order valence-corrected chi connectivity index (χ0v) is 17.2. The van der Waals surface area contributed by atoms with E-state index in [0.29, 0.717) is 0 Å². The number of nitrogens with two attached hydrogens (primary N) is 1. The topological polar surface area (TPSA) is 259 Å². The smallest absolute Gasteiger partial charge is 0.391 e. The Morgan fingerprint density at radius 3 is 2.30 bits per heavy atom. The van der Waals surface area contributed by atoms with Crippen LogP contribution in [-0.2, 0) is 42.5 Å². The van der Waals surface area contributed by atoms with Crippen LogP contribution in [0.2, 0.25) is 0 Å². The molecule has 2 fully saturated rings. The third-order valence-electron chi connectivity index (χ3n) is 3.85. The predicted molar refractivity (Wildman–Crippen MR) is 91.2 cm³/mol. The summed E-state index contributed by atoms with van der Waals surface area (Å²) in [5, 5.41) is 29.5. The molecule has 170 valence electrons. The standard InChI is InChI=1S/C10H16N3O14P3/c11-8-4(2-14)1-13(10(17)12-8)9-7(16)6(15)5(24-9)3-23-30(22)26-28(18,19)25-29(20,21)27-30/h1,5-7,9,14-16H,2-3H2,(H,18,19)(H,20,21)(H2,11,12,17)/t5-,6?,7+,9-/m1/s1. The van der Waals surface area contributed by atoms with Gasteiger partial charge in [-0.3, -0.25) is 9.09 Å². The first-order valence-corrected chi connectivity index (χ1v) is 12.3. The van der Waals surface area contributed by atoms with Gasteiger partial charge in [0.05, 0.1) is 13.2 Å². The molecule has 30 heavy (non-hydrogen) atoms. The summed E-state index contributed by atoms with van der Waals surface area (Å²) in [5.74, 6) is -0.263. The summed E-state index contributed by atoms with van der Waals surface area (Å²) >= 11 is 0. The molecule has 0 bridgehead atoms. The molecule has 0 radical (unpaired) electrons. The van der Waals surface area contributed by atoms with E-state index >= 15 is 0 Å². The van der Waals surface area contributed by atoms with Gasteiger partial charge in [-0.1, -0.05) is 0 Å². The van der Waals surface area contributed by atoms with E-state index < -0.39 is 66.9 Å². The molecule has 0 aliphatic carbocycles. The largest absolute Gasteiger partial charge is 0.492 e. The molecule has 3 heterocycles. The second kappa shape index (κ2) is 8.15. The van der Waals surface area contributed by atoms with Gasteiger partial charge in [-0.2, -0.15) is 17.9 Å². The van der Waals surface area contributed by atoms with Gasteiger partial charge in [0.2, 0.25) is 0 Å². The van der Waals surface area contributed by atoms with Crippen molar-refractivity contribution in [1.82, 2.24) is 9.55 Å². The lowest BCUT2D eigenvalue weighted by molar-refractivity contribution is -0.0546. The van der Waals surface area contributed by atoms with Gasteiger partial charge in [0, 0.05) is 11.8 Å². The Hall–Kier alpha value is -1.03. The fourth-order valence-corrected chi connectivity index (χ4v) is 7.50. The van der Waals surface area contributed by atoms with Crippen LogP contribution in [-0.4, -0.2) is 59.6 Å². The highest BCUT2D eigenvalue weighted by Gasteiger charge is 2.55. The van der Waals surface area contributed by atoms with Crippen LogP contribution in [0.15, 0.2) is 11.0 Å². The molecule has 20 heteroatoms. The predicted octanol–water partition coefficient (Wildman–Crippen LogP) is -1.67. The molecule has 0 amide bonds. The Morgan fingerprint density at radius 1 is 1.13 bits per heavy atom. The van der Waals surface area contributed by atoms with Gasteiger partial charge in [0.1, 0.15) is 24.1 Å². The van der Waals surface area contributed by atoms with E-state index in [1.165, 1.54) is 0 Å². The van der Waals surface area contributed by atoms with Crippen LogP contribution >= 0.6 is 23.5 Å². The van der Waals surface area contributed by atoms with E-state index in [0.717, 1.165) is 10.8 Å². The minimum atomic E-state index is -5.27. The van der Waals surface area contributed by atoms with Crippen molar-refractivity contribution in [2.24, 2.45) is 0 Å². The van der Waals surface area contributed by atoms with Gasteiger partial charge in [0.25, 0.3) is 0 Å². The number of rotatable bonds is 5. The van der Waals surface area contributed by atoms with E-state index in [4.69, 9.17) is 10.5 Å². The third-order valence-corrected chi connectivity index (χ3v) is 9.22. The SMILES string of the molecule is Nc1nc(=O)n([C@@H]2O[C@H](COP3(=O)OP(=O)(O)OP(=O)(O)O3)C(O)[C@@H]2O)cc1CO. The number of anilines is 1. The average molecular weight is 495 g/mol. The van der Waals surface area contributed by atoms with Crippen molar-refractivity contribution in [3.63, 3.8) is 0 Å². The van der Waals surface area contributed by atoms with Crippen molar-refractivity contribution in [3.05, 3.63) is 22.2 Å². The lowest BCUT2D eigenvalue weighted by Crippen LogP contribution is -2.36. The van der Waals surface area contributed by atoms with Gasteiger partial charge in [-0.15, -0.1) is 0 Å². The van der Waals surface area contributed by atoms with Gasteiger partial charge in [-0.05, 0) is 0 Å². The number of aliphatic hydroxyl groups is 3. The molecule has 2 saturated heterocycles. The Morgan fingerprint density at radius 2 is 1.73 bits per heavy atom. The molecule has 6 atom stereocenters. The molecule has 7 N–H and O–H groups in total. The molecule has 2 aliphatic heterocycles. The number of aromatic nitrogens is 2. The van der Waals surface area contributed by atoms with Crippen molar-refractivity contribution in [2.75, 3.05) is 12.3 Å². The molecule has 3 rings (SSSR count). The second-order valence-electron chi connectivity index (χ2n) is 5.97. The number of nitrogens with zero attached hydrogens (tertiary/aromatic N) is 2. The quantitative estimate of drug-likeness (QED) is 0.249. The van der Waals surface area contributed by atoms with Crippen LogP contribution in [0.3, 0.4) is 0 Å². The first kappa shape index (κ1) is 23.6. The van der Waals surface area contributed by atoms with Crippen LogP contribution < -0.4 is 11.4 Å². The van der Waals surface area contributed by atoms with E-state index in [-0.39, 0.29) is 11.4 Å². The fraction of sp³-hybridized carbons (Fsp3) is 0.600. The van der Waals surface area contributed by atoms with E-state index in [9.17, 15) is 43.6 Å². The summed E-state index contributed by atoms with van der Waals surface area (Å²) in [7, 11) is -15.7. The molecule has 2 aliphatic rings. The number of phosphoric acid groups is 3. The zero-order chi connectivity index (χ0) is 22.5. The molecule has 3 unspecified atom stereocenters. The van der Waals surface area contributed by atoms with Crippen molar-refractivity contribution >= 4 is 29.3 Å². The summed E-state index contributed by atoms with van der Waals surface area (Å²) in [4.78, 5) is 33.8. The second-order valence-corrected chi connectivity index (χ2v) is 11.0. The number of hydrogen-bond donors (Lipinski definition) is 6. The van der Waals surface area contributed by atoms with Crippen molar-refractivity contribution in [2.45, 2.75) is 31.1 Å². The molecular formula is C10H16N3O14P3. The number of hydrogen-bond acceptors (Lipinski definition) is 14.